The Hall–Kier alpha value is -1.30. The molecule has 0 fully saturated rings. The Bertz CT molecular complexity index is 472. The molecule has 4 nitrogen and oxygen atoms in total. The molecule has 0 amide bonds. The standard InChI is InChI=1S/C10H15FN2O2S/c1-4-16(14,15)12-9-7-8(11)5-6-10(9)13(2)3/h5-7,12H,4H2,1-3H3. The Kier molecular flexibility index (Phi) is 3.74. The van der Waals surface area contributed by atoms with Crippen molar-refractivity contribution in [2.24, 2.45) is 0 Å². The average molecular weight is 246 g/mol. The van der Waals surface area contributed by atoms with E-state index in [1.54, 1.807) is 19.0 Å². The van der Waals surface area contributed by atoms with Crippen LogP contribution in [0.2, 0.25) is 0 Å². The fourth-order valence-corrected chi connectivity index (χ4v) is 1.86. The van der Waals surface area contributed by atoms with Crippen molar-refractivity contribution >= 4 is 21.4 Å². The number of sulfonamides is 1. The predicted octanol–water partition coefficient (Wildman–Crippen LogP) is 1.65. The Morgan fingerprint density at radius 1 is 1.38 bits per heavy atom. The summed E-state index contributed by atoms with van der Waals surface area (Å²) >= 11 is 0. The normalized spacial score (nSPS) is 11.2. The summed E-state index contributed by atoms with van der Waals surface area (Å²) < 4.78 is 38.2. The molecule has 0 unspecified atom stereocenters. The van der Waals surface area contributed by atoms with Crippen LogP contribution < -0.4 is 9.62 Å². The first-order chi connectivity index (χ1) is 7.35. The first-order valence-electron chi connectivity index (χ1n) is 4.83. The second-order valence-electron chi connectivity index (χ2n) is 3.56. The highest BCUT2D eigenvalue weighted by Gasteiger charge is 2.12. The molecule has 1 aromatic carbocycles. The van der Waals surface area contributed by atoms with E-state index in [9.17, 15) is 12.8 Å². The summed E-state index contributed by atoms with van der Waals surface area (Å²) in [6.45, 7) is 1.52. The second kappa shape index (κ2) is 4.69. The third-order valence-electron chi connectivity index (χ3n) is 2.09. The van der Waals surface area contributed by atoms with Gasteiger partial charge in [0, 0.05) is 20.2 Å². The third kappa shape index (κ3) is 3.10. The molecule has 0 heterocycles. The molecule has 1 N–H and O–H groups in total. The van der Waals surface area contributed by atoms with Gasteiger partial charge < -0.3 is 4.90 Å². The van der Waals surface area contributed by atoms with Crippen molar-refractivity contribution in [1.82, 2.24) is 0 Å². The summed E-state index contributed by atoms with van der Waals surface area (Å²) in [4.78, 5) is 1.72. The van der Waals surface area contributed by atoms with Gasteiger partial charge in [-0.1, -0.05) is 0 Å². The molecule has 6 heteroatoms. The van der Waals surface area contributed by atoms with Gasteiger partial charge in [0.15, 0.2) is 0 Å². The molecule has 0 aliphatic heterocycles. The molecule has 1 rings (SSSR count). The number of halogens is 1. The maximum absolute atomic E-state index is 13.0. The summed E-state index contributed by atoms with van der Waals surface area (Å²) in [5.74, 6) is -0.518. The van der Waals surface area contributed by atoms with Crippen LogP contribution in [0.4, 0.5) is 15.8 Å². The van der Waals surface area contributed by atoms with Crippen LogP contribution in [0.25, 0.3) is 0 Å². The highest BCUT2D eigenvalue weighted by molar-refractivity contribution is 7.92. The molecule has 0 saturated carbocycles. The van der Waals surface area contributed by atoms with Gasteiger partial charge in [0.1, 0.15) is 5.82 Å². The predicted molar refractivity (Wildman–Crippen MR) is 63.8 cm³/mol. The summed E-state index contributed by atoms with van der Waals surface area (Å²) in [5, 5.41) is 0. The Labute approximate surface area is 95.1 Å². The van der Waals surface area contributed by atoms with E-state index in [1.807, 2.05) is 0 Å². The van der Waals surface area contributed by atoms with E-state index >= 15 is 0 Å². The highest BCUT2D eigenvalue weighted by Crippen LogP contribution is 2.26. The van der Waals surface area contributed by atoms with Gasteiger partial charge in [0.05, 0.1) is 17.1 Å². The smallest absolute Gasteiger partial charge is 0.232 e. The van der Waals surface area contributed by atoms with Crippen molar-refractivity contribution in [3.63, 3.8) is 0 Å². The quantitative estimate of drug-likeness (QED) is 0.879. The zero-order valence-corrected chi connectivity index (χ0v) is 10.3. The van der Waals surface area contributed by atoms with E-state index in [0.717, 1.165) is 0 Å². The fourth-order valence-electron chi connectivity index (χ4n) is 1.22. The van der Waals surface area contributed by atoms with Crippen LogP contribution in [0.15, 0.2) is 18.2 Å². The number of hydrogen-bond donors (Lipinski definition) is 1. The van der Waals surface area contributed by atoms with E-state index in [-0.39, 0.29) is 11.4 Å². The van der Waals surface area contributed by atoms with E-state index in [4.69, 9.17) is 0 Å². The van der Waals surface area contributed by atoms with Crippen molar-refractivity contribution in [2.75, 3.05) is 29.5 Å². The van der Waals surface area contributed by atoms with E-state index in [0.29, 0.717) is 5.69 Å². The molecule has 0 radical (unpaired) electrons. The maximum Gasteiger partial charge on any atom is 0.232 e. The number of benzene rings is 1. The number of rotatable bonds is 4. The van der Waals surface area contributed by atoms with E-state index in [1.165, 1.54) is 25.1 Å². The molecule has 0 saturated heterocycles. The molecular formula is C10H15FN2O2S. The highest BCUT2D eigenvalue weighted by atomic mass is 32.2. The topological polar surface area (TPSA) is 49.4 Å². The number of nitrogens with one attached hydrogen (secondary N) is 1. The monoisotopic (exact) mass is 246 g/mol. The number of hydrogen-bond acceptors (Lipinski definition) is 3. The number of nitrogens with zero attached hydrogens (tertiary/aromatic N) is 1. The molecule has 1 aromatic rings. The minimum Gasteiger partial charge on any atom is -0.376 e. The van der Waals surface area contributed by atoms with Crippen LogP contribution in [0, 0.1) is 5.82 Å². The van der Waals surface area contributed by atoms with Gasteiger partial charge in [-0.3, -0.25) is 4.72 Å². The van der Waals surface area contributed by atoms with Crippen molar-refractivity contribution in [3.05, 3.63) is 24.0 Å². The number of anilines is 2. The first kappa shape index (κ1) is 12.8. The average Bonchev–Trinajstić information content (AvgIpc) is 2.16. The Morgan fingerprint density at radius 2 is 2.00 bits per heavy atom. The van der Waals surface area contributed by atoms with Crippen LogP contribution in [-0.2, 0) is 10.0 Å². The second-order valence-corrected chi connectivity index (χ2v) is 5.57. The minimum atomic E-state index is -3.39. The third-order valence-corrected chi connectivity index (χ3v) is 3.38. The van der Waals surface area contributed by atoms with Gasteiger partial charge in [-0.05, 0) is 19.1 Å². The molecule has 0 aliphatic carbocycles. The van der Waals surface area contributed by atoms with Gasteiger partial charge in [-0.2, -0.15) is 0 Å². The molecule has 0 spiro atoms. The molecule has 0 aliphatic rings. The molecule has 0 atom stereocenters. The molecule has 0 bridgehead atoms. The largest absolute Gasteiger partial charge is 0.376 e. The van der Waals surface area contributed by atoms with Crippen LogP contribution in [0.5, 0.6) is 0 Å². The molecule has 90 valence electrons. The van der Waals surface area contributed by atoms with Gasteiger partial charge >= 0.3 is 0 Å². The summed E-state index contributed by atoms with van der Waals surface area (Å²) in [7, 11) is 0.133. The molecular weight excluding hydrogens is 231 g/mol. The maximum atomic E-state index is 13.0. The van der Waals surface area contributed by atoms with Crippen LogP contribution in [0.3, 0.4) is 0 Å². The van der Waals surface area contributed by atoms with Crippen LogP contribution >= 0.6 is 0 Å². The van der Waals surface area contributed by atoms with Crippen molar-refractivity contribution in [3.8, 4) is 0 Å². The van der Waals surface area contributed by atoms with Gasteiger partial charge in [-0.25, -0.2) is 12.8 Å². The zero-order chi connectivity index (χ0) is 12.3. The summed E-state index contributed by atoms with van der Waals surface area (Å²) in [5.41, 5.74) is 0.880. The van der Waals surface area contributed by atoms with Crippen molar-refractivity contribution < 1.29 is 12.8 Å². The molecule has 0 aromatic heterocycles. The lowest BCUT2D eigenvalue weighted by molar-refractivity contribution is 0.602. The van der Waals surface area contributed by atoms with Crippen molar-refractivity contribution in [1.29, 1.82) is 0 Å². The molecule has 16 heavy (non-hydrogen) atoms. The fraction of sp³-hybridized carbons (Fsp3) is 0.400. The van der Waals surface area contributed by atoms with Gasteiger partial charge in [0.2, 0.25) is 10.0 Å². The Balaban J connectivity index is 3.16. The van der Waals surface area contributed by atoms with Crippen LogP contribution in [0.1, 0.15) is 6.92 Å². The van der Waals surface area contributed by atoms with E-state index < -0.39 is 15.8 Å². The zero-order valence-electron chi connectivity index (χ0n) is 9.49. The minimum absolute atomic E-state index is 0.0453. The summed E-state index contributed by atoms with van der Waals surface area (Å²) in [6.07, 6.45) is 0. The van der Waals surface area contributed by atoms with Crippen LogP contribution in [-0.4, -0.2) is 28.3 Å². The Morgan fingerprint density at radius 3 is 2.50 bits per heavy atom. The first-order valence-corrected chi connectivity index (χ1v) is 6.48. The SMILES string of the molecule is CCS(=O)(=O)Nc1cc(F)ccc1N(C)C. The lowest BCUT2D eigenvalue weighted by Crippen LogP contribution is -2.18. The van der Waals surface area contributed by atoms with E-state index in [2.05, 4.69) is 4.72 Å². The summed E-state index contributed by atoms with van der Waals surface area (Å²) in [6, 6.07) is 3.99. The van der Waals surface area contributed by atoms with Gasteiger partial charge in [0.25, 0.3) is 0 Å². The van der Waals surface area contributed by atoms with Gasteiger partial charge in [-0.15, -0.1) is 0 Å². The lowest BCUT2D eigenvalue weighted by Gasteiger charge is -2.18. The van der Waals surface area contributed by atoms with Crippen molar-refractivity contribution in [2.45, 2.75) is 6.92 Å². The lowest BCUT2D eigenvalue weighted by atomic mass is 10.2.